The Bertz CT molecular complexity index is 899. The zero-order chi connectivity index (χ0) is 22.3. The largest absolute Gasteiger partial charge is 0.425 e. The summed E-state index contributed by atoms with van der Waals surface area (Å²) in [6.45, 7) is 4.09. The van der Waals surface area contributed by atoms with Gasteiger partial charge >= 0.3 is 6.18 Å². The lowest BCUT2D eigenvalue weighted by Crippen LogP contribution is -2.67. The lowest BCUT2D eigenvalue weighted by Gasteiger charge is -2.35. The van der Waals surface area contributed by atoms with Crippen LogP contribution >= 0.6 is 0 Å². The number of benzene rings is 1. The van der Waals surface area contributed by atoms with Crippen molar-refractivity contribution in [3.63, 3.8) is 0 Å². The summed E-state index contributed by atoms with van der Waals surface area (Å²) in [6.07, 6.45) is -1.84. The highest BCUT2D eigenvalue weighted by molar-refractivity contribution is 6.19. The summed E-state index contributed by atoms with van der Waals surface area (Å²) in [5, 5.41) is 1.99. The Hall–Kier alpha value is -2.64. The van der Waals surface area contributed by atoms with E-state index in [9.17, 15) is 27.6 Å². The monoisotopic (exact) mass is 422 g/mol. The van der Waals surface area contributed by atoms with E-state index in [1.165, 1.54) is 19.1 Å². The van der Waals surface area contributed by atoms with Gasteiger partial charge in [0.05, 0.1) is 5.57 Å². The molecule has 1 aromatic carbocycles. The molecule has 162 valence electrons. The Morgan fingerprint density at radius 1 is 1.07 bits per heavy atom. The third-order valence-corrected chi connectivity index (χ3v) is 5.95. The molecule has 1 N–H and O–H groups in total. The number of nitrogens with one attached hydrogen (secondary N) is 1. The van der Waals surface area contributed by atoms with Gasteiger partial charge in [-0.1, -0.05) is 37.0 Å². The molecule has 5 nitrogen and oxygen atoms in total. The second-order valence-corrected chi connectivity index (χ2v) is 8.06. The van der Waals surface area contributed by atoms with Gasteiger partial charge in [-0.05, 0) is 45.7 Å². The average molecular weight is 422 g/mol. The highest BCUT2D eigenvalue weighted by atomic mass is 19.4. The molecule has 0 bridgehead atoms. The number of amides is 2. The number of carbonyl (C=O) groups excluding carboxylic acids is 3. The van der Waals surface area contributed by atoms with Crippen molar-refractivity contribution in [3.8, 4) is 0 Å². The van der Waals surface area contributed by atoms with Gasteiger partial charge in [-0.25, -0.2) is 0 Å². The fourth-order valence-electron chi connectivity index (χ4n) is 4.44. The van der Waals surface area contributed by atoms with E-state index in [-0.39, 0.29) is 11.4 Å². The molecular weight excluding hydrogens is 397 g/mol. The Morgan fingerprint density at radius 2 is 1.63 bits per heavy atom. The van der Waals surface area contributed by atoms with Crippen LogP contribution in [0.25, 0.3) is 0 Å². The van der Waals surface area contributed by atoms with Crippen LogP contribution in [-0.4, -0.2) is 29.3 Å². The van der Waals surface area contributed by atoms with Gasteiger partial charge in [0.2, 0.25) is 11.4 Å². The predicted octanol–water partition coefficient (Wildman–Crippen LogP) is 4.20. The Balaban J connectivity index is 2.12. The molecule has 1 unspecified atom stereocenters. The summed E-state index contributed by atoms with van der Waals surface area (Å²) in [5.74, 6) is -3.73. The molecule has 1 aliphatic carbocycles. The molecule has 0 radical (unpaired) electrons. The molecule has 1 saturated carbocycles. The molecule has 30 heavy (non-hydrogen) atoms. The van der Waals surface area contributed by atoms with Crippen LogP contribution in [0.5, 0.6) is 0 Å². The van der Waals surface area contributed by atoms with Gasteiger partial charge in [-0.2, -0.15) is 13.2 Å². The van der Waals surface area contributed by atoms with Crippen molar-refractivity contribution in [1.29, 1.82) is 0 Å². The second kappa shape index (κ2) is 7.89. The number of ketones is 1. The van der Waals surface area contributed by atoms with E-state index in [0.29, 0.717) is 12.8 Å². The molecule has 2 aliphatic rings. The van der Waals surface area contributed by atoms with E-state index in [1.807, 2.05) is 12.2 Å². The fourth-order valence-corrected chi connectivity index (χ4v) is 4.44. The summed E-state index contributed by atoms with van der Waals surface area (Å²) >= 11 is 0. The summed E-state index contributed by atoms with van der Waals surface area (Å²) in [4.78, 5) is 39.3. The first-order valence-electron chi connectivity index (χ1n) is 10.0. The molecule has 1 fully saturated rings. The van der Waals surface area contributed by atoms with Crippen LogP contribution in [0.4, 0.5) is 18.9 Å². The molecule has 1 aliphatic heterocycles. The number of alkyl halides is 3. The molecule has 3 rings (SSSR count). The van der Waals surface area contributed by atoms with Crippen LogP contribution in [-0.2, 0) is 14.4 Å². The number of anilines is 1. The Morgan fingerprint density at radius 3 is 2.13 bits per heavy atom. The normalized spacial score (nSPS) is 23.1. The standard InChI is InChI=1S/C22H25F3N2O3/c1-13-9-11-17(12-10-13)27-14(2)18(15(3)28)21(20(27)30,22(23,24)25)26-19(29)16-7-5-4-6-8-16/h9-12,16H,4-8H2,1-3H3,(H,26,29). The molecule has 1 heterocycles. The van der Waals surface area contributed by atoms with E-state index in [4.69, 9.17) is 0 Å². The zero-order valence-electron chi connectivity index (χ0n) is 17.2. The van der Waals surface area contributed by atoms with Gasteiger partial charge in [0.15, 0.2) is 5.78 Å². The number of nitrogens with zero attached hydrogens (tertiary/aromatic N) is 1. The van der Waals surface area contributed by atoms with Gasteiger partial charge < -0.3 is 5.32 Å². The van der Waals surface area contributed by atoms with Crippen LogP contribution < -0.4 is 10.2 Å². The number of halogens is 3. The van der Waals surface area contributed by atoms with Crippen molar-refractivity contribution >= 4 is 23.3 Å². The fraction of sp³-hybridized carbons (Fsp3) is 0.500. The second-order valence-electron chi connectivity index (χ2n) is 8.06. The lowest BCUT2D eigenvalue weighted by atomic mass is 9.84. The molecule has 2 amide bonds. The topological polar surface area (TPSA) is 66.5 Å². The minimum absolute atomic E-state index is 0.127. The van der Waals surface area contributed by atoms with Crippen molar-refractivity contribution in [2.75, 3.05) is 4.90 Å². The van der Waals surface area contributed by atoms with Crippen LogP contribution in [0.2, 0.25) is 0 Å². The van der Waals surface area contributed by atoms with Crippen molar-refractivity contribution < 1.29 is 27.6 Å². The Labute approximate surface area is 173 Å². The van der Waals surface area contributed by atoms with Gasteiger partial charge in [0.1, 0.15) is 0 Å². The number of rotatable bonds is 4. The summed E-state index contributed by atoms with van der Waals surface area (Å²) < 4.78 is 43.4. The van der Waals surface area contributed by atoms with Gasteiger partial charge in [0.25, 0.3) is 5.91 Å². The number of hydrogen-bond donors (Lipinski definition) is 1. The number of carbonyl (C=O) groups is 3. The first-order valence-corrected chi connectivity index (χ1v) is 10.0. The average Bonchev–Trinajstić information content (AvgIpc) is 2.90. The number of allylic oxidation sites excluding steroid dienone is 1. The maximum absolute atomic E-state index is 14.5. The quantitative estimate of drug-likeness (QED) is 0.791. The first-order chi connectivity index (χ1) is 14.0. The number of aryl methyl sites for hydroxylation is 1. The van der Waals surface area contributed by atoms with Crippen molar-refractivity contribution in [3.05, 3.63) is 41.1 Å². The van der Waals surface area contributed by atoms with Crippen LogP contribution in [0, 0.1) is 12.8 Å². The number of hydrogen-bond acceptors (Lipinski definition) is 3. The Kier molecular flexibility index (Phi) is 5.80. The number of Topliss-reactive ketones (excluding diaryl/α,β-unsaturated/α-hetero) is 1. The first kappa shape index (κ1) is 22.1. The van der Waals surface area contributed by atoms with E-state index in [0.717, 1.165) is 36.6 Å². The van der Waals surface area contributed by atoms with Gasteiger partial charge in [0, 0.05) is 17.3 Å². The molecule has 8 heteroatoms. The lowest BCUT2D eigenvalue weighted by molar-refractivity contribution is -0.191. The highest BCUT2D eigenvalue weighted by Crippen LogP contribution is 2.46. The van der Waals surface area contributed by atoms with E-state index in [1.54, 1.807) is 12.1 Å². The predicted molar refractivity (Wildman–Crippen MR) is 106 cm³/mol. The molecule has 1 aromatic rings. The third-order valence-electron chi connectivity index (χ3n) is 5.95. The minimum atomic E-state index is -5.18. The van der Waals surface area contributed by atoms with E-state index in [2.05, 4.69) is 0 Å². The van der Waals surface area contributed by atoms with Crippen LogP contribution in [0.1, 0.15) is 51.5 Å². The summed E-state index contributed by atoms with van der Waals surface area (Å²) in [5.41, 5.74) is -3.17. The van der Waals surface area contributed by atoms with Crippen LogP contribution in [0.3, 0.4) is 0 Å². The van der Waals surface area contributed by atoms with Crippen LogP contribution in [0.15, 0.2) is 35.5 Å². The maximum atomic E-state index is 14.5. The maximum Gasteiger partial charge on any atom is 0.425 e. The molecule has 0 aromatic heterocycles. The molecule has 0 saturated heterocycles. The summed E-state index contributed by atoms with van der Waals surface area (Å²) in [6, 6.07) is 6.36. The van der Waals surface area contributed by atoms with Crippen molar-refractivity contribution in [2.24, 2.45) is 5.92 Å². The van der Waals surface area contributed by atoms with E-state index < -0.39 is 40.8 Å². The molecule has 1 atom stereocenters. The SMILES string of the molecule is CC(=O)C1=C(C)N(c2ccc(C)cc2)C(=O)C1(NC(=O)C1CCCCC1)C(F)(F)F. The van der Waals surface area contributed by atoms with E-state index >= 15 is 0 Å². The zero-order valence-corrected chi connectivity index (χ0v) is 17.2. The third kappa shape index (κ3) is 3.52. The summed E-state index contributed by atoms with van der Waals surface area (Å²) in [7, 11) is 0. The highest BCUT2D eigenvalue weighted by Gasteiger charge is 2.70. The smallest absolute Gasteiger partial charge is 0.330 e. The van der Waals surface area contributed by atoms with Crippen molar-refractivity contribution in [2.45, 2.75) is 64.6 Å². The van der Waals surface area contributed by atoms with Gasteiger partial charge in [-0.15, -0.1) is 0 Å². The molecular formula is C22H25F3N2O3. The molecule has 0 spiro atoms. The van der Waals surface area contributed by atoms with Crippen molar-refractivity contribution in [1.82, 2.24) is 5.32 Å². The van der Waals surface area contributed by atoms with Gasteiger partial charge in [-0.3, -0.25) is 19.3 Å². The minimum Gasteiger partial charge on any atom is -0.330 e.